The fourth-order valence-corrected chi connectivity index (χ4v) is 4.22. The summed E-state index contributed by atoms with van der Waals surface area (Å²) >= 11 is 0. The highest BCUT2D eigenvalue weighted by molar-refractivity contribution is 7.92. The molecule has 0 unspecified atom stereocenters. The Hall–Kier alpha value is -2.80. The molecule has 1 aromatic heterocycles. The van der Waals surface area contributed by atoms with Gasteiger partial charge in [-0.15, -0.1) is 0 Å². The highest BCUT2D eigenvalue weighted by Crippen LogP contribution is 2.32. The number of nitrogens with one attached hydrogen (secondary N) is 1. The molecule has 0 aliphatic heterocycles. The number of methoxy groups -OCH3 is 1. The number of aromatic nitrogens is 1. The number of nitrogens with zero attached hydrogens (tertiary/aromatic N) is 1. The first kappa shape index (κ1) is 17.0. The van der Waals surface area contributed by atoms with Gasteiger partial charge >= 0.3 is 0 Å². The Morgan fingerprint density at radius 1 is 1.08 bits per heavy atom. The minimum atomic E-state index is -3.84. The summed E-state index contributed by atoms with van der Waals surface area (Å²) in [6.45, 7) is 3.45. The average Bonchev–Trinajstić information content (AvgIpc) is 3.01. The van der Waals surface area contributed by atoms with E-state index in [1.54, 1.807) is 33.1 Å². The Morgan fingerprint density at radius 2 is 1.72 bits per heavy atom. The molecule has 2 aromatic carbocycles. The Labute approximate surface area is 146 Å². The molecule has 1 heterocycles. The van der Waals surface area contributed by atoms with Gasteiger partial charge in [-0.3, -0.25) is 0 Å². The smallest absolute Gasteiger partial charge is 0.264 e. The van der Waals surface area contributed by atoms with Gasteiger partial charge in [-0.25, -0.2) is 13.1 Å². The number of ether oxygens (including phenoxy) is 1. The predicted octanol–water partition coefficient (Wildman–Crippen LogP) is 3.77. The molecule has 6 nitrogen and oxygen atoms in total. The molecule has 3 rings (SSSR count). The molecule has 0 aliphatic rings. The Morgan fingerprint density at radius 3 is 2.32 bits per heavy atom. The number of benzene rings is 2. The van der Waals surface area contributed by atoms with Gasteiger partial charge in [-0.1, -0.05) is 35.5 Å². The van der Waals surface area contributed by atoms with Crippen LogP contribution in [0.2, 0.25) is 0 Å². The molecule has 3 aromatic rings. The van der Waals surface area contributed by atoms with Crippen LogP contribution in [0.3, 0.4) is 0 Å². The number of aryl methyl sites for hydroxylation is 2. The summed E-state index contributed by atoms with van der Waals surface area (Å²) in [5, 5.41) is 3.73. The molecule has 7 heteroatoms. The summed E-state index contributed by atoms with van der Waals surface area (Å²) in [5.74, 6) is 0.694. The fourth-order valence-electron chi connectivity index (χ4n) is 2.76. The van der Waals surface area contributed by atoms with Gasteiger partial charge in [0.2, 0.25) is 5.88 Å². The molecule has 1 N–H and O–H groups in total. The van der Waals surface area contributed by atoms with Crippen LogP contribution in [-0.2, 0) is 10.0 Å². The number of rotatable bonds is 5. The van der Waals surface area contributed by atoms with Crippen LogP contribution in [0, 0.1) is 13.8 Å². The quantitative estimate of drug-likeness (QED) is 0.751. The lowest BCUT2D eigenvalue weighted by Crippen LogP contribution is -2.16. The van der Waals surface area contributed by atoms with E-state index in [1.165, 1.54) is 6.20 Å². The second-order valence-electron chi connectivity index (χ2n) is 5.63. The molecule has 0 radical (unpaired) electrons. The molecule has 0 saturated heterocycles. The summed E-state index contributed by atoms with van der Waals surface area (Å²) in [7, 11) is -2.30. The highest BCUT2D eigenvalue weighted by Gasteiger charge is 2.24. The third-order valence-electron chi connectivity index (χ3n) is 3.82. The van der Waals surface area contributed by atoms with Crippen LogP contribution in [0.4, 0.5) is 5.88 Å². The number of anilines is 1. The number of hydrogen-bond donors (Lipinski definition) is 1. The topological polar surface area (TPSA) is 81.4 Å². The number of sulfonamides is 1. The fraction of sp³-hybridized carbons (Fsp3) is 0.167. The number of hydrogen-bond acceptors (Lipinski definition) is 5. The van der Waals surface area contributed by atoms with Crippen molar-refractivity contribution in [1.82, 2.24) is 5.16 Å². The van der Waals surface area contributed by atoms with Crippen molar-refractivity contribution < 1.29 is 17.7 Å². The molecule has 0 spiro atoms. The van der Waals surface area contributed by atoms with Crippen molar-refractivity contribution in [3.63, 3.8) is 0 Å². The van der Waals surface area contributed by atoms with Crippen LogP contribution in [-0.4, -0.2) is 20.7 Å². The van der Waals surface area contributed by atoms with Crippen molar-refractivity contribution in [2.75, 3.05) is 11.8 Å². The van der Waals surface area contributed by atoms with Crippen molar-refractivity contribution in [1.29, 1.82) is 0 Å². The highest BCUT2D eigenvalue weighted by atomic mass is 32.2. The molecular formula is C18H18N2O4S. The van der Waals surface area contributed by atoms with Crippen LogP contribution in [0.1, 0.15) is 11.1 Å². The van der Waals surface area contributed by atoms with E-state index < -0.39 is 10.0 Å². The van der Waals surface area contributed by atoms with Gasteiger partial charge in [-0.2, -0.15) is 0 Å². The lowest BCUT2D eigenvalue weighted by Gasteiger charge is -2.13. The van der Waals surface area contributed by atoms with E-state index in [-0.39, 0.29) is 10.8 Å². The van der Waals surface area contributed by atoms with Crippen LogP contribution in [0.25, 0.3) is 11.1 Å². The van der Waals surface area contributed by atoms with Crippen LogP contribution >= 0.6 is 0 Å². The normalized spacial score (nSPS) is 11.3. The lowest BCUT2D eigenvalue weighted by molar-refractivity contribution is 0.413. The molecule has 0 saturated carbocycles. The van der Waals surface area contributed by atoms with Crippen LogP contribution in [0.15, 0.2) is 58.1 Å². The first-order valence-electron chi connectivity index (χ1n) is 7.60. The van der Waals surface area contributed by atoms with Gasteiger partial charge in [-0.05, 0) is 42.7 Å². The van der Waals surface area contributed by atoms with E-state index in [9.17, 15) is 8.42 Å². The predicted molar refractivity (Wildman–Crippen MR) is 95.2 cm³/mol. The first-order valence-corrected chi connectivity index (χ1v) is 9.09. The van der Waals surface area contributed by atoms with E-state index in [0.717, 1.165) is 5.56 Å². The molecule has 0 aliphatic carbocycles. The first-order chi connectivity index (χ1) is 11.9. The van der Waals surface area contributed by atoms with E-state index in [0.29, 0.717) is 22.4 Å². The second kappa shape index (κ2) is 6.60. The Balaban J connectivity index is 2.01. The molecule has 0 bridgehead atoms. The minimum Gasteiger partial charge on any atom is -0.497 e. The van der Waals surface area contributed by atoms with Gasteiger partial charge in [0, 0.05) is 0 Å². The van der Waals surface area contributed by atoms with E-state index >= 15 is 0 Å². The molecular weight excluding hydrogens is 340 g/mol. The standard InChI is InChI=1S/C18H18N2O4S/c1-12-9-15(23-3)10-13(2)17(12)25(21,22)20-18-16(11-19-24-18)14-7-5-4-6-8-14/h4-11,20H,1-3H3. The summed E-state index contributed by atoms with van der Waals surface area (Å²) < 4.78 is 38.6. The zero-order valence-electron chi connectivity index (χ0n) is 14.1. The maximum atomic E-state index is 12.9. The monoisotopic (exact) mass is 358 g/mol. The van der Waals surface area contributed by atoms with Gasteiger partial charge < -0.3 is 9.26 Å². The average molecular weight is 358 g/mol. The summed E-state index contributed by atoms with van der Waals surface area (Å²) in [4.78, 5) is 0.198. The van der Waals surface area contributed by atoms with E-state index in [1.807, 2.05) is 30.3 Å². The molecule has 25 heavy (non-hydrogen) atoms. The van der Waals surface area contributed by atoms with Crippen molar-refractivity contribution in [2.24, 2.45) is 0 Å². The SMILES string of the molecule is COc1cc(C)c(S(=O)(=O)Nc2oncc2-c2ccccc2)c(C)c1. The third-order valence-corrected chi connectivity index (χ3v) is 5.46. The van der Waals surface area contributed by atoms with Crippen molar-refractivity contribution >= 4 is 15.9 Å². The van der Waals surface area contributed by atoms with E-state index in [2.05, 4.69) is 9.88 Å². The summed E-state index contributed by atoms with van der Waals surface area (Å²) in [6, 6.07) is 12.7. The third kappa shape index (κ3) is 3.36. The minimum absolute atomic E-state index is 0.0841. The zero-order chi connectivity index (χ0) is 18.0. The lowest BCUT2D eigenvalue weighted by atomic mass is 10.1. The van der Waals surface area contributed by atoms with Crippen LogP contribution < -0.4 is 9.46 Å². The maximum Gasteiger partial charge on any atom is 0.264 e. The van der Waals surface area contributed by atoms with Gasteiger partial charge in [0.1, 0.15) is 5.75 Å². The summed E-state index contributed by atoms with van der Waals surface area (Å²) in [5.41, 5.74) is 2.56. The summed E-state index contributed by atoms with van der Waals surface area (Å²) in [6.07, 6.45) is 1.49. The zero-order valence-corrected chi connectivity index (χ0v) is 14.9. The second-order valence-corrected chi connectivity index (χ2v) is 7.25. The van der Waals surface area contributed by atoms with Crippen molar-refractivity contribution in [3.8, 4) is 16.9 Å². The van der Waals surface area contributed by atoms with Crippen molar-refractivity contribution in [3.05, 3.63) is 59.8 Å². The van der Waals surface area contributed by atoms with Crippen molar-refractivity contribution in [2.45, 2.75) is 18.7 Å². The Kier molecular flexibility index (Phi) is 4.50. The van der Waals surface area contributed by atoms with Gasteiger partial charge in [0.05, 0.1) is 23.8 Å². The molecule has 0 amide bonds. The maximum absolute atomic E-state index is 12.9. The molecule has 0 atom stereocenters. The molecule has 130 valence electrons. The van der Waals surface area contributed by atoms with E-state index in [4.69, 9.17) is 9.26 Å². The van der Waals surface area contributed by atoms with Gasteiger partial charge in [0.25, 0.3) is 10.0 Å². The van der Waals surface area contributed by atoms with Gasteiger partial charge in [0.15, 0.2) is 0 Å². The largest absolute Gasteiger partial charge is 0.497 e. The Bertz CT molecular complexity index is 972. The molecule has 0 fully saturated rings. The van der Waals surface area contributed by atoms with Crippen LogP contribution in [0.5, 0.6) is 5.75 Å².